The molecule has 1 aromatic rings. The Kier molecular flexibility index (Phi) is 4.58. The van der Waals surface area contributed by atoms with Crippen molar-refractivity contribution in [3.05, 3.63) is 35.4 Å². The molecule has 0 atom stereocenters. The van der Waals surface area contributed by atoms with Crippen LogP contribution in [0.5, 0.6) is 0 Å². The summed E-state index contributed by atoms with van der Waals surface area (Å²) in [4.78, 5) is 13.6. The van der Waals surface area contributed by atoms with Gasteiger partial charge in [0, 0.05) is 37.8 Å². The highest BCUT2D eigenvalue weighted by Gasteiger charge is 2.28. The van der Waals surface area contributed by atoms with Crippen molar-refractivity contribution in [1.82, 2.24) is 9.21 Å². The second kappa shape index (κ2) is 6.07. The first kappa shape index (κ1) is 15.8. The maximum atomic E-state index is 13.1. The van der Waals surface area contributed by atoms with Crippen molar-refractivity contribution in [3.63, 3.8) is 0 Å². The lowest BCUT2D eigenvalue weighted by Gasteiger charge is -2.33. The van der Waals surface area contributed by atoms with Crippen LogP contribution in [0.1, 0.15) is 17.3 Å². The first-order valence-electron chi connectivity index (χ1n) is 6.56. The zero-order valence-electron chi connectivity index (χ0n) is 11.6. The summed E-state index contributed by atoms with van der Waals surface area (Å²) in [6.07, 6.45) is 0. The molecule has 1 heterocycles. The smallest absolute Gasteiger partial charge is 0.254 e. The lowest BCUT2D eigenvalue weighted by Crippen LogP contribution is -2.50. The molecule has 1 fully saturated rings. The number of amides is 1. The van der Waals surface area contributed by atoms with Crippen LogP contribution in [0, 0.1) is 11.6 Å². The van der Waals surface area contributed by atoms with Crippen LogP contribution >= 0.6 is 0 Å². The van der Waals surface area contributed by atoms with E-state index in [9.17, 15) is 22.0 Å². The van der Waals surface area contributed by atoms with E-state index in [1.807, 2.05) is 0 Å². The van der Waals surface area contributed by atoms with E-state index in [1.165, 1.54) is 9.21 Å². The zero-order valence-corrected chi connectivity index (χ0v) is 12.4. The summed E-state index contributed by atoms with van der Waals surface area (Å²) in [6.45, 7) is 2.36. The molecule has 1 amide bonds. The molecule has 0 bridgehead atoms. The van der Waals surface area contributed by atoms with Gasteiger partial charge in [0.2, 0.25) is 10.0 Å². The topological polar surface area (TPSA) is 57.7 Å². The average Bonchev–Trinajstić information content (AvgIpc) is 2.45. The van der Waals surface area contributed by atoms with Gasteiger partial charge in [0.1, 0.15) is 11.6 Å². The number of hydrogen-bond donors (Lipinski definition) is 0. The van der Waals surface area contributed by atoms with E-state index in [2.05, 4.69) is 0 Å². The van der Waals surface area contributed by atoms with Crippen LogP contribution in [0.25, 0.3) is 0 Å². The molecule has 0 radical (unpaired) electrons. The Balaban J connectivity index is 2.07. The molecule has 0 aromatic heterocycles. The molecular formula is C13H16F2N2O3S. The zero-order chi connectivity index (χ0) is 15.6. The lowest BCUT2D eigenvalue weighted by atomic mass is 10.1. The monoisotopic (exact) mass is 318 g/mol. The summed E-state index contributed by atoms with van der Waals surface area (Å²) >= 11 is 0. The Morgan fingerprint density at radius 3 is 2.10 bits per heavy atom. The van der Waals surface area contributed by atoms with Gasteiger partial charge >= 0.3 is 0 Å². The standard InChI is InChI=1S/C13H16F2N2O3S/c1-2-21(19,20)17-5-3-16(4-6-17)13(18)10-7-11(14)9-12(15)8-10/h7-9H,2-6H2,1H3. The number of nitrogens with zero attached hydrogens (tertiary/aromatic N) is 2. The summed E-state index contributed by atoms with van der Waals surface area (Å²) in [5.74, 6) is -2.12. The maximum absolute atomic E-state index is 13.1. The molecule has 0 N–H and O–H groups in total. The Labute approximate surface area is 122 Å². The summed E-state index contributed by atoms with van der Waals surface area (Å²) in [6, 6.07) is 2.64. The highest BCUT2D eigenvalue weighted by atomic mass is 32.2. The van der Waals surface area contributed by atoms with E-state index in [0.29, 0.717) is 6.07 Å². The number of hydrogen-bond acceptors (Lipinski definition) is 3. The number of benzene rings is 1. The summed E-state index contributed by atoms with van der Waals surface area (Å²) in [5, 5.41) is 0. The number of carbonyl (C=O) groups excluding carboxylic acids is 1. The van der Waals surface area contributed by atoms with Gasteiger partial charge in [-0.2, -0.15) is 4.31 Å². The molecule has 1 aliphatic heterocycles. The molecule has 1 aromatic carbocycles. The van der Waals surface area contributed by atoms with Crippen molar-refractivity contribution in [1.29, 1.82) is 0 Å². The third kappa shape index (κ3) is 3.56. The molecule has 5 nitrogen and oxygen atoms in total. The largest absolute Gasteiger partial charge is 0.336 e. The van der Waals surface area contributed by atoms with Crippen molar-refractivity contribution in [2.45, 2.75) is 6.92 Å². The fraction of sp³-hybridized carbons (Fsp3) is 0.462. The summed E-state index contributed by atoms with van der Waals surface area (Å²) in [7, 11) is -3.27. The Morgan fingerprint density at radius 1 is 1.10 bits per heavy atom. The fourth-order valence-corrected chi connectivity index (χ4v) is 3.30. The van der Waals surface area contributed by atoms with Gasteiger partial charge in [-0.1, -0.05) is 0 Å². The molecule has 0 saturated carbocycles. The van der Waals surface area contributed by atoms with E-state index < -0.39 is 27.6 Å². The number of rotatable bonds is 3. The molecule has 116 valence electrons. The van der Waals surface area contributed by atoms with Crippen LogP contribution in [0.2, 0.25) is 0 Å². The van der Waals surface area contributed by atoms with Gasteiger partial charge in [0.05, 0.1) is 5.75 Å². The fourth-order valence-electron chi connectivity index (χ4n) is 2.21. The van der Waals surface area contributed by atoms with Gasteiger partial charge in [0.25, 0.3) is 5.91 Å². The first-order valence-corrected chi connectivity index (χ1v) is 8.17. The van der Waals surface area contributed by atoms with Crippen molar-refractivity contribution < 1.29 is 22.0 Å². The SMILES string of the molecule is CCS(=O)(=O)N1CCN(C(=O)c2cc(F)cc(F)c2)CC1. The van der Waals surface area contributed by atoms with Gasteiger partial charge in [-0.3, -0.25) is 4.79 Å². The van der Waals surface area contributed by atoms with Gasteiger partial charge in [-0.15, -0.1) is 0 Å². The van der Waals surface area contributed by atoms with Crippen LogP contribution in [0.15, 0.2) is 18.2 Å². The predicted octanol–water partition coefficient (Wildman–Crippen LogP) is 1.07. The second-order valence-corrected chi connectivity index (χ2v) is 7.01. The van der Waals surface area contributed by atoms with Gasteiger partial charge in [-0.25, -0.2) is 17.2 Å². The minimum absolute atomic E-state index is 0.00997. The van der Waals surface area contributed by atoms with Crippen LogP contribution in [0.4, 0.5) is 8.78 Å². The maximum Gasteiger partial charge on any atom is 0.254 e. The minimum Gasteiger partial charge on any atom is -0.336 e. The normalized spacial score (nSPS) is 17.0. The Bertz CT molecular complexity index is 621. The summed E-state index contributed by atoms with van der Waals surface area (Å²) < 4.78 is 51.0. The van der Waals surface area contributed by atoms with Crippen molar-refractivity contribution in [2.24, 2.45) is 0 Å². The van der Waals surface area contributed by atoms with Crippen LogP contribution < -0.4 is 0 Å². The highest BCUT2D eigenvalue weighted by Crippen LogP contribution is 2.14. The molecule has 0 unspecified atom stereocenters. The van der Waals surface area contributed by atoms with Crippen molar-refractivity contribution >= 4 is 15.9 Å². The number of carbonyl (C=O) groups is 1. The third-order valence-electron chi connectivity index (χ3n) is 3.39. The van der Waals surface area contributed by atoms with Gasteiger partial charge < -0.3 is 4.90 Å². The highest BCUT2D eigenvalue weighted by molar-refractivity contribution is 7.89. The van der Waals surface area contributed by atoms with Crippen LogP contribution in [-0.4, -0.2) is 55.5 Å². The molecule has 21 heavy (non-hydrogen) atoms. The molecule has 1 saturated heterocycles. The third-order valence-corrected chi connectivity index (χ3v) is 5.28. The van der Waals surface area contributed by atoms with Gasteiger partial charge in [0.15, 0.2) is 0 Å². The molecular weight excluding hydrogens is 302 g/mol. The molecule has 0 aliphatic carbocycles. The second-order valence-electron chi connectivity index (χ2n) is 4.75. The number of piperazine rings is 1. The minimum atomic E-state index is -3.27. The molecule has 2 rings (SSSR count). The Morgan fingerprint density at radius 2 is 1.62 bits per heavy atom. The first-order chi connectivity index (χ1) is 9.83. The quantitative estimate of drug-likeness (QED) is 0.838. The molecule has 1 aliphatic rings. The predicted molar refractivity (Wildman–Crippen MR) is 73.3 cm³/mol. The van der Waals surface area contributed by atoms with E-state index in [-0.39, 0.29) is 37.5 Å². The lowest BCUT2D eigenvalue weighted by molar-refractivity contribution is 0.0697. The number of sulfonamides is 1. The van der Waals surface area contributed by atoms with Crippen LogP contribution in [0.3, 0.4) is 0 Å². The van der Waals surface area contributed by atoms with Crippen molar-refractivity contribution in [2.75, 3.05) is 31.9 Å². The van der Waals surface area contributed by atoms with E-state index in [4.69, 9.17) is 0 Å². The van der Waals surface area contributed by atoms with Crippen LogP contribution in [-0.2, 0) is 10.0 Å². The van der Waals surface area contributed by atoms with E-state index >= 15 is 0 Å². The van der Waals surface area contributed by atoms with Crippen molar-refractivity contribution in [3.8, 4) is 0 Å². The summed E-state index contributed by atoms with van der Waals surface area (Å²) in [5.41, 5.74) is -0.0701. The van der Waals surface area contributed by atoms with E-state index in [0.717, 1.165) is 12.1 Å². The van der Waals surface area contributed by atoms with E-state index in [1.54, 1.807) is 6.92 Å². The molecule has 8 heteroatoms. The Hall–Kier alpha value is -1.54. The number of halogens is 2. The average molecular weight is 318 g/mol. The molecule has 0 spiro atoms. The van der Waals surface area contributed by atoms with Gasteiger partial charge in [-0.05, 0) is 19.1 Å².